The smallest absolute Gasteiger partial charge is 0.188 e. The molecular formula is C20H37NO. The van der Waals surface area contributed by atoms with Gasteiger partial charge in [0.1, 0.15) is 6.61 Å². The Kier molecular flexibility index (Phi) is 13.2. The monoisotopic (exact) mass is 307 g/mol. The highest BCUT2D eigenvalue weighted by atomic mass is 16.5. The van der Waals surface area contributed by atoms with Gasteiger partial charge >= 0.3 is 0 Å². The van der Waals surface area contributed by atoms with E-state index in [4.69, 9.17) is 4.74 Å². The molecule has 0 radical (unpaired) electrons. The van der Waals surface area contributed by atoms with Crippen molar-refractivity contribution in [2.45, 2.75) is 103 Å². The van der Waals surface area contributed by atoms with Crippen molar-refractivity contribution in [1.29, 1.82) is 0 Å². The van der Waals surface area contributed by atoms with E-state index in [9.17, 15) is 0 Å². The number of ether oxygens (including phenoxy) is 1. The minimum absolute atomic E-state index is 0.706. The van der Waals surface area contributed by atoms with Gasteiger partial charge in [0, 0.05) is 12.6 Å². The molecule has 0 amide bonds. The van der Waals surface area contributed by atoms with Crippen LogP contribution in [0.2, 0.25) is 0 Å². The van der Waals surface area contributed by atoms with Gasteiger partial charge in [0.25, 0.3) is 0 Å². The largest absolute Gasteiger partial charge is 0.476 e. The number of rotatable bonds is 15. The van der Waals surface area contributed by atoms with Gasteiger partial charge in [0.2, 0.25) is 0 Å². The molecule has 2 heteroatoms. The number of unbranched alkanes of at least 4 members (excludes halogenated alkanes) is 13. The number of aliphatic imine (C=N–C) groups is 1. The summed E-state index contributed by atoms with van der Waals surface area (Å²) in [7, 11) is 0. The molecule has 0 fully saturated rings. The minimum atomic E-state index is 0.706. The first kappa shape index (κ1) is 19.3. The number of hydrogen-bond donors (Lipinski definition) is 0. The van der Waals surface area contributed by atoms with Crippen LogP contribution in [0.5, 0.6) is 0 Å². The van der Waals surface area contributed by atoms with Gasteiger partial charge in [-0.2, -0.15) is 0 Å². The topological polar surface area (TPSA) is 21.6 Å². The van der Waals surface area contributed by atoms with E-state index in [0.717, 1.165) is 12.3 Å². The SMILES string of the molecule is CCCCCCCCCCCCCCCCC1=NC=CCO1. The molecule has 0 saturated carbocycles. The van der Waals surface area contributed by atoms with Crippen LogP contribution in [-0.2, 0) is 4.74 Å². The quantitative estimate of drug-likeness (QED) is 0.305. The number of hydrogen-bond acceptors (Lipinski definition) is 2. The Balaban J connectivity index is 1.71. The first-order valence-electron chi connectivity index (χ1n) is 9.78. The van der Waals surface area contributed by atoms with E-state index in [1.807, 2.05) is 12.3 Å². The van der Waals surface area contributed by atoms with Crippen molar-refractivity contribution in [3.8, 4) is 0 Å². The molecule has 0 saturated heterocycles. The average molecular weight is 308 g/mol. The highest BCUT2D eigenvalue weighted by Gasteiger charge is 2.01. The Labute approximate surface area is 138 Å². The standard InChI is InChI=1S/C20H37NO/c1-2-3-4-5-6-7-8-9-10-11-12-13-14-15-17-20-21-18-16-19-22-20/h16,18H,2-15,17,19H2,1H3. The van der Waals surface area contributed by atoms with Gasteiger partial charge in [0.15, 0.2) is 5.90 Å². The summed E-state index contributed by atoms with van der Waals surface area (Å²) in [4.78, 5) is 4.24. The van der Waals surface area contributed by atoms with Gasteiger partial charge in [-0.3, -0.25) is 0 Å². The maximum Gasteiger partial charge on any atom is 0.188 e. The third kappa shape index (κ3) is 11.8. The summed E-state index contributed by atoms with van der Waals surface area (Å²) in [6.45, 7) is 2.99. The van der Waals surface area contributed by atoms with Crippen molar-refractivity contribution >= 4 is 5.90 Å². The van der Waals surface area contributed by atoms with Gasteiger partial charge in [-0.05, 0) is 12.5 Å². The summed E-state index contributed by atoms with van der Waals surface area (Å²) < 4.78 is 5.45. The van der Waals surface area contributed by atoms with Gasteiger partial charge in [-0.25, -0.2) is 4.99 Å². The Morgan fingerprint density at radius 2 is 1.27 bits per heavy atom. The predicted molar refractivity (Wildman–Crippen MR) is 97.5 cm³/mol. The van der Waals surface area contributed by atoms with Gasteiger partial charge < -0.3 is 4.74 Å². The van der Waals surface area contributed by atoms with Crippen molar-refractivity contribution < 1.29 is 4.74 Å². The van der Waals surface area contributed by atoms with Gasteiger partial charge in [-0.15, -0.1) is 0 Å². The van der Waals surface area contributed by atoms with Crippen molar-refractivity contribution in [3.05, 3.63) is 12.3 Å². The van der Waals surface area contributed by atoms with Crippen LogP contribution in [0.1, 0.15) is 103 Å². The van der Waals surface area contributed by atoms with Crippen LogP contribution in [-0.4, -0.2) is 12.5 Å². The first-order valence-corrected chi connectivity index (χ1v) is 9.78. The second-order valence-corrected chi connectivity index (χ2v) is 6.56. The fourth-order valence-corrected chi connectivity index (χ4v) is 2.97. The van der Waals surface area contributed by atoms with E-state index in [2.05, 4.69) is 11.9 Å². The van der Waals surface area contributed by atoms with Crippen LogP contribution in [0, 0.1) is 0 Å². The molecule has 0 aromatic heterocycles. The lowest BCUT2D eigenvalue weighted by atomic mass is 10.0. The van der Waals surface area contributed by atoms with E-state index in [1.54, 1.807) is 0 Å². The Morgan fingerprint density at radius 1 is 0.773 bits per heavy atom. The fourth-order valence-electron chi connectivity index (χ4n) is 2.97. The van der Waals surface area contributed by atoms with Gasteiger partial charge in [-0.1, -0.05) is 90.4 Å². The summed E-state index contributed by atoms with van der Waals surface area (Å²) >= 11 is 0. The molecule has 1 aliphatic heterocycles. The van der Waals surface area contributed by atoms with E-state index in [-0.39, 0.29) is 0 Å². The third-order valence-electron chi connectivity index (χ3n) is 4.41. The van der Waals surface area contributed by atoms with Crippen LogP contribution >= 0.6 is 0 Å². The lowest BCUT2D eigenvalue weighted by Gasteiger charge is -2.09. The average Bonchev–Trinajstić information content (AvgIpc) is 2.56. The molecule has 0 aromatic rings. The lowest BCUT2D eigenvalue weighted by Crippen LogP contribution is -2.07. The molecular weight excluding hydrogens is 270 g/mol. The zero-order valence-corrected chi connectivity index (χ0v) is 14.8. The van der Waals surface area contributed by atoms with Crippen molar-refractivity contribution in [2.75, 3.05) is 6.61 Å². The highest BCUT2D eigenvalue weighted by molar-refractivity contribution is 5.77. The van der Waals surface area contributed by atoms with Crippen molar-refractivity contribution in [1.82, 2.24) is 0 Å². The van der Waals surface area contributed by atoms with E-state index >= 15 is 0 Å². The van der Waals surface area contributed by atoms with Crippen LogP contribution < -0.4 is 0 Å². The molecule has 128 valence electrons. The molecule has 0 aromatic carbocycles. The molecule has 1 rings (SSSR count). The normalized spacial score (nSPS) is 14.0. The predicted octanol–water partition coefficient (Wildman–Crippen LogP) is 6.80. The lowest BCUT2D eigenvalue weighted by molar-refractivity contribution is 0.331. The summed E-state index contributed by atoms with van der Waals surface area (Å²) in [6, 6.07) is 0. The molecule has 0 N–H and O–H groups in total. The molecule has 0 bridgehead atoms. The molecule has 1 aliphatic rings. The molecule has 22 heavy (non-hydrogen) atoms. The zero-order chi connectivity index (χ0) is 15.7. The second kappa shape index (κ2) is 15.1. The molecule has 0 atom stereocenters. The number of nitrogens with zero attached hydrogens (tertiary/aromatic N) is 1. The maximum absolute atomic E-state index is 5.45. The Bertz CT molecular complexity index is 296. The first-order chi connectivity index (χ1) is 10.9. The summed E-state index contributed by atoms with van der Waals surface area (Å²) in [5.41, 5.74) is 0. The van der Waals surface area contributed by atoms with Crippen LogP contribution in [0.25, 0.3) is 0 Å². The molecule has 0 unspecified atom stereocenters. The molecule has 2 nitrogen and oxygen atoms in total. The fraction of sp³-hybridized carbons (Fsp3) is 0.850. The van der Waals surface area contributed by atoms with E-state index in [0.29, 0.717) is 6.61 Å². The van der Waals surface area contributed by atoms with Crippen LogP contribution in [0.15, 0.2) is 17.3 Å². The molecule has 0 spiro atoms. The summed E-state index contributed by atoms with van der Waals surface area (Å²) in [5.74, 6) is 0.932. The zero-order valence-electron chi connectivity index (χ0n) is 14.8. The molecule has 0 aliphatic carbocycles. The Morgan fingerprint density at radius 3 is 1.73 bits per heavy atom. The maximum atomic E-state index is 5.45. The summed E-state index contributed by atoms with van der Waals surface area (Å²) in [6.07, 6.45) is 24.5. The summed E-state index contributed by atoms with van der Waals surface area (Å²) in [5, 5.41) is 0. The Hall–Kier alpha value is -0.790. The van der Waals surface area contributed by atoms with Crippen molar-refractivity contribution in [2.24, 2.45) is 4.99 Å². The van der Waals surface area contributed by atoms with Crippen LogP contribution in [0.3, 0.4) is 0 Å². The highest BCUT2D eigenvalue weighted by Crippen LogP contribution is 2.13. The molecule has 1 heterocycles. The minimum Gasteiger partial charge on any atom is -0.476 e. The van der Waals surface area contributed by atoms with Gasteiger partial charge in [0.05, 0.1) is 0 Å². The van der Waals surface area contributed by atoms with E-state index < -0.39 is 0 Å². The third-order valence-corrected chi connectivity index (χ3v) is 4.41. The second-order valence-electron chi connectivity index (χ2n) is 6.56. The van der Waals surface area contributed by atoms with E-state index in [1.165, 1.54) is 89.9 Å². The van der Waals surface area contributed by atoms with Crippen molar-refractivity contribution in [3.63, 3.8) is 0 Å². The van der Waals surface area contributed by atoms with Crippen LogP contribution in [0.4, 0.5) is 0 Å².